The van der Waals surface area contributed by atoms with E-state index in [1.165, 1.54) is 27.8 Å². The van der Waals surface area contributed by atoms with E-state index in [2.05, 4.69) is 138 Å². The van der Waals surface area contributed by atoms with Crippen molar-refractivity contribution in [1.82, 2.24) is 0 Å². The number of nitriles is 1. The van der Waals surface area contributed by atoms with Crippen LogP contribution in [0, 0.1) is 11.3 Å². The SMILES string of the molecule is CC(C)(C)c1ccc(C(CCC#N)(c2ccc(Nc3ccccc3)cc2)c2ccc(C(C)(C)C)cc2)cc1. The minimum Gasteiger partial charge on any atom is -0.356 e. The fourth-order valence-corrected chi connectivity index (χ4v) is 5.21. The molecule has 4 aromatic carbocycles. The zero-order chi connectivity index (χ0) is 27.4. The van der Waals surface area contributed by atoms with E-state index in [0.717, 1.165) is 11.4 Å². The van der Waals surface area contributed by atoms with E-state index in [1.807, 2.05) is 18.2 Å². The second-order valence-corrected chi connectivity index (χ2v) is 12.3. The van der Waals surface area contributed by atoms with E-state index in [-0.39, 0.29) is 10.8 Å². The molecular formula is C36H40N2. The first-order chi connectivity index (χ1) is 18.0. The summed E-state index contributed by atoms with van der Waals surface area (Å²) in [5, 5.41) is 13.2. The van der Waals surface area contributed by atoms with E-state index in [0.29, 0.717) is 12.8 Å². The van der Waals surface area contributed by atoms with Gasteiger partial charge in [0.15, 0.2) is 0 Å². The lowest BCUT2D eigenvalue weighted by Crippen LogP contribution is -2.30. The van der Waals surface area contributed by atoms with Crippen LogP contribution in [0.25, 0.3) is 0 Å². The second kappa shape index (κ2) is 10.9. The number of rotatable bonds is 7. The number of benzene rings is 4. The lowest BCUT2D eigenvalue weighted by Gasteiger charge is -2.36. The van der Waals surface area contributed by atoms with Crippen molar-refractivity contribution in [3.8, 4) is 6.07 Å². The summed E-state index contributed by atoms with van der Waals surface area (Å²) in [6.07, 6.45) is 1.17. The Morgan fingerprint density at radius 2 is 0.895 bits per heavy atom. The van der Waals surface area contributed by atoms with Gasteiger partial charge in [-0.1, -0.05) is 120 Å². The predicted molar refractivity (Wildman–Crippen MR) is 161 cm³/mol. The van der Waals surface area contributed by atoms with Crippen LogP contribution in [0.2, 0.25) is 0 Å². The standard InChI is InChI=1S/C36H40N2/c1-34(2,3)27-13-17-29(18-14-27)36(25-10-26-37,30-19-15-28(16-20-30)35(4,5)6)31-21-23-33(24-22-31)38-32-11-8-7-9-12-32/h7-9,11-24,38H,10,25H2,1-6H3. The van der Waals surface area contributed by atoms with Gasteiger partial charge in [0, 0.05) is 23.2 Å². The van der Waals surface area contributed by atoms with E-state index in [4.69, 9.17) is 0 Å². The van der Waals surface area contributed by atoms with Crippen molar-refractivity contribution in [2.45, 2.75) is 70.6 Å². The van der Waals surface area contributed by atoms with Crippen molar-refractivity contribution < 1.29 is 0 Å². The van der Waals surface area contributed by atoms with Crippen molar-refractivity contribution in [3.05, 3.63) is 131 Å². The summed E-state index contributed by atoms with van der Waals surface area (Å²) in [4.78, 5) is 0. The molecule has 38 heavy (non-hydrogen) atoms. The zero-order valence-corrected chi connectivity index (χ0v) is 23.7. The summed E-state index contributed by atoms with van der Waals surface area (Å²) < 4.78 is 0. The van der Waals surface area contributed by atoms with Crippen molar-refractivity contribution in [2.75, 3.05) is 5.32 Å². The van der Waals surface area contributed by atoms with Crippen LogP contribution < -0.4 is 5.32 Å². The lowest BCUT2D eigenvalue weighted by molar-refractivity contribution is 0.560. The Hall–Kier alpha value is -3.83. The van der Waals surface area contributed by atoms with E-state index in [1.54, 1.807) is 0 Å². The maximum absolute atomic E-state index is 9.72. The van der Waals surface area contributed by atoms with Crippen LogP contribution in [-0.2, 0) is 16.2 Å². The Morgan fingerprint density at radius 3 is 1.29 bits per heavy atom. The van der Waals surface area contributed by atoms with E-state index in [9.17, 15) is 5.26 Å². The van der Waals surface area contributed by atoms with Crippen LogP contribution in [0.1, 0.15) is 82.2 Å². The molecule has 0 radical (unpaired) electrons. The Balaban J connectivity index is 1.86. The Labute approximate surface area is 229 Å². The smallest absolute Gasteiger partial charge is 0.0622 e. The largest absolute Gasteiger partial charge is 0.356 e. The van der Waals surface area contributed by atoms with Gasteiger partial charge in [0.1, 0.15) is 0 Å². The normalized spacial score (nSPS) is 12.1. The molecule has 0 aliphatic carbocycles. The third-order valence-electron chi connectivity index (χ3n) is 7.54. The van der Waals surface area contributed by atoms with Gasteiger partial charge in [0.2, 0.25) is 0 Å². The molecule has 0 spiro atoms. The summed E-state index contributed by atoms with van der Waals surface area (Å²) >= 11 is 0. The Kier molecular flexibility index (Phi) is 7.79. The molecule has 0 amide bonds. The van der Waals surface area contributed by atoms with Crippen molar-refractivity contribution in [2.24, 2.45) is 0 Å². The summed E-state index contributed by atoms with van der Waals surface area (Å²) in [6.45, 7) is 13.5. The average molecular weight is 501 g/mol. The molecule has 4 rings (SSSR count). The van der Waals surface area contributed by atoms with Crippen LogP contribution in [0.4, 0.5) is 11.4 Å². The first-order valence-electron chi connectivity index (χ1n) is 13.6. The van der Waals surface area contributed by atoms with Gasteiger partial charge in [-0.15, -0.1) is 0 Å². The van der Waals surface area contributed by atoms with Gasteiger partial charge < -0.3 is 5.32 Å². The molecule has 0 saturated carbocycles. The fourth-order valence-electron chi connectivity index (χ4n) is 5.21. The third kappa shape index (κ3) is 5.84. The molecule has 0 unspecified atom stereocenters. The number of nitrogens with one attached hydrogen (secondary N) is 1. The average Bonchev–Trinajstić information content (AvgIpc) is 2.90. The molecule has 1 N–H and O–H groups in total. The third-order valence-corrected chi connectivity index (χ3v) is 7.54. The summed E-state index contributed by atoms with van der Waals surface area (Å²) in [5.74, 6) is 0. The number of para-hydroxylation sites is 1. The quantitative estimate of drug-likeness (QED) is 0.256. The van der Waals surface area contributed by atoms with Crippen LogP contribution in [-0.4, -0.2) is 0 Å². The maximum atomic E-state index is 9.72. The molecule has 0 aliphatic rings. The van der Waals surface area contributed by atoms with E-state index < -0.39 is 5.41 Å². The predicted octanol–water partition coefficient (Wildman–Crippen LogP) is 9.66. The zero-order valence-electron chi connectivity index (χ0n) is 23.7. The second-order valence-electron chi connectivity index (χ2n) is 12.3. The molecule has 2 nitrogen and oxygen atoms in total. The monoisotopic (exact) mass is 500 g/mol. The first-order valence-corrected chi connectivity index (χ1v) is 13.6. The minimum absolute atomic E-state index is 0.0763. The molecule has 4 aromatic rings. The van der Waals surface area contributed by atoms with Gasteiger partial charge in [-0.3, -0.25) is 0 Å². The molecular weight excluding hydrogens is 460 g/mol. The topological polar surface area (TPSA) is 35.8 Å². The van der Waals surface area contributed by atoms with Crippen LogP contribution in [0.5, 0.6) is 0 Å². The minimum atomic E-state index is -0.437. The lowest BCUT2D eigenvalue weighted by atomic mass is 9.66. The number of nitrogens with zero attached hydrogens (tertiary/aromatic N) is 1. The van der Waals surface area contributed by atoms with Gasteiger partial charge in [-0.05, 0) is 69.3 Å². The molecule has 2 heteroatoms. The van der Waals surface area contributed by atoms with Crippen LogP contribution >= 0.6 is 0 Å². The van der Waals surface area contributed by atoms with Crippen molar-refractivity contribution in [1.29, 1.82) is 5.26 Å². The summed E-state index contributed by atoms with van der Waals surface area (Å²) in [5.41, 5.74) is 8.06. The molecule has 0 heterocycles. The van der Waals surface area contributed by atoms with Gasteiger partial charge in [-0.25, -0.2) is 0 Å². The number of hydrogen-bond acceptors (Lipinski definition) is 2. The summed E-state index contributed by atoms with van der Waals surface area (Å²) in [6, 6.07) is 39.5. The van der Waals surface area contributed by atoms with Gasteiger partial charge in [-0.2, -0.15) is 5.26 Å². The molecule has 0 aliphatic heterocycles. The number of anilines is 2. The van der Waals surface area contributed by atoms with Crippen LogP contribution in [0.15, 0.2) is 103 Å². The van der Waals surface area contributed by atoms with Gasteiger partial charge in [0.05, 0.1) is 6.07 Å². The molecule has 0 atom stereocenters. The van der Waals surface area contributed by atoms with Crippen molar-refractivity contribution >= 4 is 11.4 Å². The highest BCUT2D eigenvalue weighted by atomic mass is 14.9. The fraction of sp³-hybridized carbons (Fsp3) is 0.306. The summed E-state index contributed by atoms with van der Waals surface area (Å²) in [7, 11) is 0. The molecule has 0 bridgehead atoms. The molecule has 0 aromatic heterocycles. The maximum Gasteiger partial charge on any atom is 0.0622 e. The highest BCUT2D eigenvalue weighted by Gasteiger charge is 2.36. The highest BCUT2D eigenvalue weighted by Crippen LogP contribution is 2.44. The van der Waals surface area contributed by atoms with Gasteiger partial charge in [0.25, 0.3) is 0 Å². The number of hydrogen-bond donors (Lipinski definition) is 1. The van der Waals surface area contributed by atoms with Crippen molar-refractivity contribution in [3.63, 3.8) is 0 Å². The molecule has 0 fully saturated rings. The Bertz CT molecular complexity index is 1300. The highest BCUT2D eigenvalue weighted by molar-refractivity contribution is 5.61. The Morgan fingerprint density at radius 1 is 0.526 bits per heavy atom. The van der Waals surface area contributed by atoms with Gasteiger partial charge >= 0.3 is 0 Å². The molecule has 0 saturated heterocycles. The first kappa shape index (κ1) is 27.2. The molecule has 194 valence electrons. The van der Waals surface area contributed by atoms with E-state index >= 15 is 0 Å². The van der Waals surface area contributed by atoms with Crippen LogP contribution in [0.3, 0.4) is 0 Å².